The van der Waals surface area contributed by atoms with Gasteiger partial charge in [-0.25, -0.2) is 14.3 Å². The molecule has 1 aliphatic rings. The van der Waals surface area contributed by atoms with Crippen molar-refractivity contribution in [2.75, 3.05) is 27.2 Å². The number of nitrogens with one attached hydrogen (secondary N) is 1. The molecule has 2 aromatic heterocycles. The topological polar surface area (TPSA) is 146 Å². The number of carbonyl (C=O) groups is 3. The number of carbonyl (C=O) groups excluding carboxylic acids is 2. The molecular formula is C30H32F2N6O5. The van der Waals surface area contributed by atoms with Crippen molar-refractivity contribution in [3.8, 4) is 22.8 Å². The molecule has 13 heteroatoms. The number of fused-ring (bicyclic) bond motifs is 3. The number of H-pyrrole nitrogens is 1. The van der Waals surface area contributed by atoms with E-state index >= 15 is 0 Å². The van der Waals surface area contributed by atoms with E-state index in [9.17, 15) is 23.2 Å². The zero-order valence-corrected chi connectivity index (χ0v) is 23.9. The molecule has 0 radical (unpaired) electrons. The molecule has 0 aliphatic carbocycles. The fourth-order valence-corrected chi connectivity index (χ4v) is 4.36. The second-order valence-corrected chi connectivity index (χ2v) is 10.2. The van der Waals surface area contributed by atoms with Crippen LogP contribution in [0.2, 0.25) is 0 Å². The van der Waals surface area contributed by atoms with Gasteiger partial charge in [-0.2, -0.15) is 8.78 Å². The molecule has 4 aromatic rings. The summed E-state index contributed by atoms with van der Waals surface area (Å²) in [6.45, 7) is 1.98. The van der Waals surface area contributed by atoms with Crippen LogP contribution in [-0.4, -0.2) is 80.4 Å². The number of aromatic nitrogens is 3. The van der Waals surface area contributed by atoms with Gasteiger partial charge in [-0.1, -0.05) is 24.3 Å². The van der Waals surface area contributed by atoms with Crippen molar-refractivity contribution in [1.29, 1.82) is 0 Å². The first kappa shape index (κ1) is 30.9. The quantitative estimate of drug-likeness (QED) is 0.262. The molecule has 0 atom stereocenters. The van der Waals surface area contributed by atoms with Crippen LogP contribution >= 0.6 is 0 Å². The third-order valence-corrected chi connectivity index (χ3v) is 6.50. The highest BCUT2D eigenvalue weighted by Gasteiger charge is 2.31. The Labute approximate surface area is 246 Å². The number of nitrogens with two attached hydrogens (primary N) is 1. The first-order valence-electron chi connectivity index (χ1n) is 13.3. The predicted molar refractivity (Wildman–Crippen MR) is 155 cm³/mol. The minimum absolute atomic E-state index is 0.0483. The van der Waals surface area contributed by atoms with Gasteiger partial charge in [0.15, 0.2) is 5.65 Å². The van der Waals surface area contributed by atoms with E-state index in [2.05, 4.69) is 5.10 Å². The molecule has 0 bridgehead atoms. The molecule has 43 heavy (non-hydrogen) atoms. The van der Waals surface area contributed by atoms with Crippen LogP contribution in [-0.2, 0) is 22.6 Å². The van der Waals surface area contributed by atoms with E-state index in [1.54, 1.807) is 11.0 Å². The Bertz CT molecular complexity index is 1640. The van der Waals surface area contributed by atoms with Gasteiger partial charge in [0.2, 0.25) is 5.91 Å². The summed E-state index contributed by atoms with van der Waals surface area (Å²) >= 11 is 0. The number of alkyl halides is 2. The highest BCUT2D eigenvalue weighted by Crippen LogP contribution is 2.31. The first-order valence-corrected chi connectivity index (χ1v) is 13.3. The monoisotopic (exact) mass is 594 g/mol. The Morgan fingerprint density at radius 1 is 1.12 bits per heavy atom. The number of aliphatic carboxylic acids is 1. The molecule has 3 heterocycles. The summed E-state index contributed by atoms with van der Waals surface area (Å²) in [4.78, 5) is 42.8. The highest BCUT2D eigenvalue weighted by molar-refractivity contribution is 6.05. The van der Waals surface area contributed by atoms with E-state index in [1.165, 1.54) is 0 Å². The van der Waals surface area contributed by atoms with Crippen molar-refractivity contribution in [2.45, 2.75) is 25.8 Å². The van der Waals surface area contributed by atoms with Crippen LogP contribution in [0.5, 0.6) is 11.5 Å². The highest BCUT2D eigenvalue weighted by atomic mass is 19.3. The maximum Gasteiger partial charge on any atom is 0.374 e. The van der Waals surface area contributed by atoms with E-state index in [-0.39, 0.29) is 5.91 Å². The van der Waals surface area contributed by atoms with E-state index in [0.29, 0.717) is 55.6 Å². The second kappa shape index (κ2) is 12.9. The number of nitrogens with zero attached hydrogens (tertiary/aromatic N) is 4. The Kier molecular flexibility index (Phi) is 9.24. The maximum atomic E-state index is 12.6. The van der Waals surface area contributed by atoms with E-state index < -0.39 is 17.8 Å². The maximum absolute atomic E-state index is 12.6. The van der Waals surface area contributed by atoms with Gasteiger partial charge in [0, 0.05) is 38.1 Å². The van der Waals surface area contributed by atoms with Gasteiger partial charge in [-0.05, 0) is 50.5 Å². The lowest BCUT2D eigenvalue weighted by molar-refractivity contribution is -0.161. The average molecular weight is 595 g/mol. The molecule has 0 fully saturated rings. The fraction of sp³-hybridized carbons (Fsp3) is 0.267. The number of carboxylic acids is 1. The smallest absolute Gasteiger partial charge is 0.374 e. The van der Waals surface area contributed by atoms with Crippen LogP contribution in [0.15, 0.2) is 66.7 Å². The summed E-state index contributed by atoms with van der Waals surface area (Å²) in [5, 5.41) is 10.8. The molecule has 0 spiro atoms. The molecular weight excluding hydrogens is 562 g/mol. The van der Waals surface area contributed by atoms with Crippen molar-refractivity contribution in [3.63, 3.8) is 0 Å². The fourth-order valence-electron chi connectivity index (χ4n) is 4.36. The van der Waals surface area contributed by atoms with Gasteiger partial charge in [-0.3, -0.25) is 14.7 Å². The summed E-state index contributed by atoms with van der Waals surface area (Å²) in [7, 11) is 3.90. The molecule has 11 nitrogen and oxygen atoms in total. The predicted octanol–water partition coefficient (Wildman–Crippen LogP) is 3.95. The van der Waals surface area contributed by atoms with Crippen LogP contribution in [0.25, 0.3) is 16.9 Å². The molecule has 0 saturated carbocycles. The van der Waals surface area contributed by atoms with Gasteiger partial charge in [0.05, 0.1) is 23.6 Å². The number of rotatable bonds is 8. The van der Waals surface area contributed by atoms with Crippen molar-refractivity contribution < 1.29 is 33.0 Å². The lowest BCUT2D eigenvalue weighted by Gasteiger charge is -2.25. The van der Waals surface area contributed by atoms with E-state index in [4.69, 9.17) is 20.6 Å². The van der Waals surface area contributed by atoms with Crippen LogP contribution in [0.4, 0.5) is 8.78 Å². The van der Waals surface area contributed by atoms with Gasteiger partial charge < -0.3 is 25.4 Å². The minimum Gasteiger partial charge on any atom is -0.477 e. The van der Waals surface area contributed by atoms with Crippen LogP contribution < -0.4 is 10.5 Å². The zero-order valence-electron chi connectivity index (χ0n) is 23.9. The number of aromatic amines is 1. The van der Waals surface area contributed by atoms with Gasteiger partial charge in [0.25, 0.3) is 5.91 Å². The Hall–Kier alpha value is -5.04. The molecule has 2 amide bonds. The molecule has 5 rings (SSSR count). The third-order valence-electron chi connectivity index (χ3n) is 6.50. The number of ether oxygens (including phenoxy) is 1. The first-order chi connectivity index (χ1) is 20.3. The summed E-state index contributed by atoms with van der Waals surface area (Å²) in [5.74, 6) is -4.86. The summed E-state index contributed by atoms with van der Waals surface area (Å²) < 4.78 is 30.2. The number of hydrogen-bond donors (Lipinski definition) is 3. The number of primary amides is 1. The Morgan fingerprint density at radius 2 is 1.74 bits per heavy atom. The lowest BCUT2D eigenvalue weighted by Crippen LogP contribution is -2.35. The molecule has 226 valence electrons. The number of carboxylic acid groups (broad SMARTS) is 1. The average Bonchev–Trinajstić information content (AvgIpc) is 3.49. The SMILES string of the molecule is CC(F)(F)C(=O)O.CN(C)C/C=C/C(=O)N1CCc2c(nc3c(C(N)=O)c(-c4ccc(Oc5ccccc5)cc4)[nH]n23)C1. The molecule has 1 aliphatic heterocycles. The zero-order chi connectivity index (χ0) is 31.3. The van der Waals surface area contributed by atoms with Crippen molar-refractivity contribution >= 4 is 23.4 Å². The normalized spacial score (nSPS) is 13.1. The molecule has 0 unspecified atom stereocenters. The number of benzene rings is 2. The Morgan fingerprint density at radius 3 is 2.33 bits per heavy atom. The van der Waals surface area contributed by atoms with Crippen LogP contribution in [0.1, 0.15) is 28.7 Å². The molecule has 0 saturated heterocycles. The molecule has 2 aromatic carbocycles. The summed E-state index contributed by atoms with van der Waals surface area (Å²) in [6.07, 6.45) is 4.07. The second-order valence-electron chi connectivity index (χ2n) is 10.2. The summed E-state index contributed by atoms with van der Waals surface area (Å²) in [6, 6.07) is 17.0. The van der Waals surface area contributed by atoms with E-state index in [0.717, 1.165) is 22.7 Å². The number of hydrogen-bond acceptors (Lipinski definition) is 6. The largest absolute Gasteiger partial charge is 0.477 e. The van der Waals surface area contributed by atoms with Crippen LogP contribution in [0, 0.1) is 0 Å². The number of likely N-dealkylation sites (N-methyl/N-ethyl adjacent to an activating group) is 1. The van der Waals surface area contributed by atoms with E-state index in [1.807, 2.05) is 84.2 Å². The van der Waals surface area contributed by atoms with Gasteiger partial charge >= 0.3 is 11.9 Å². The van der Waals surface area contributed by atoms with Gasteiger partial charge in [-0.15, -0.1) is 0 Å². The standard InChI is InChI=1S/C27H28N6O3.C3H4F2O2/c1-31(2)15-6-9-23(34)32-16-14-22-21(17-32)29-27-24(26(28)35)25(30-33(22)27)18-10-12-20(13-11-18)36-19-7-4-3-5-8-19;1-3(4,5)2(6)7/h3-13,30H,14-17H2,1-2H3,(H2,28,35);1H3,(H,6,7)/b9-6+;. The van der Waals surface area contributed by atoms with Crippen LogP contribution in [0.3, 0.4) is 0 Å². The number of amides is 2. The molecule has 4 N–H and O–H groups in total. The van der Waals surface area contributed by atoms with Crippen molar-refractivity contribution in [3.05, 3.63) is 83.7 Å². The minimum atomic E-state index is -3.58. The van der Waals surface area contributed by atoms with Crippen molar-refractivity contribution in [1.82, 2.24) is 24.4 Å². The Balaban J connectivity index is 0.000000541. The third kappa shape index (κ3) is 7.43. The van der Waals surface area contributed by atoms with Gasteiger partial charge in [0.1, 0.15) is 17.1 Å². The number of imidazole rings is 1. The number of para-hydroxylation sites is 1. The number of halogens is 2. The van der Waals surface area contributed by atoms with Crippen molar-refractivity contribution in [2.24, 2.45) is 5.73 Å². The lowest BCUT2D eigenvalue weighted by atomic mass is 10.1. The summed E-state index contributed by atoms with van der Waals surface area (Å²) in [5.41, 5.74) is 9.70.